The first-order chi connectivity index (χ1) is 7.67. The van der Waals surface area contributed by atoms with Crippen LogP contribution in [0.4, 0.5) is 0 Å². The molecule has 1 fully saturated rings. The molecular formula is C13H14BrNS. The average molecular weight is 296 g/mol. The quantitative estimate of drug-likeness (QED) is 0.829. The van der Waals surface area contributed by atoms with E-state index >= 15 is 0 Å². The number of nitrogens with two attached hydrogens (primary N) is 1. The van der Waals surface area contributed by atoms with Crippen molar-refractivity contribution in [1.82, 2.24) is 0 Å². The predicted octanol–water partition coefficient (Wildman–Crippen LogP) is 4.39. The van der Waals surface area contributed by atoms with Crippen LogP contribution in [0.1, 0.15) is 30.6 Å². The number of fused-ring (bicyclic) bond motifs is 1. The van der Waals surface area contributed by atoms with Crippen molar-refractivity contribution in [3.63, 3.8) is 0 Å². The second-order valence-corrected chi connectivity index (χ2v) is 6.66. The Kier molecular flexibility index (Phi) is 2.57. The molecule has 2 N–H and O–H groups in total. The van der Waals surface area contributed by atoms with Crippen molar-refractivity contribution in [2.45, 2.75) is 31.2 Å². The van der Waals surface area contributed by atoms with Crippen molar-refractivity contribution in [1.29, 1.82) is 0 Å². The first-order valence-electron chi connectivity index (χ1n) is 5.66. The van der Waals surface area contributed by atoms with Gasteiger partial charge in [0.05, 0.1) is 5.54 Å². The summed E-state index contributed by atoms with van der Waals surface area (Å²) in [6.07, 6.45) is 4.82. The van der Waals surface area contributed by atoms with E-state index in [1.165, 1.54) is 27.8 Å². The van der Waals surface area contributed by atoms with Crippen LogP contribution in [0.15, 0.2) is 28.7 Å². The third-order valence-corrected chi connectivity index (χ3v) is 5.29. The molecule has 0 aliphatic heterocycles. The highest BCUT2D eigenvalue weighted by atomic mass is 79.9. The van der Waals surface area contributed by atoms with E-state index in [1.807, 2.05) is 11.3 Å². The fourth-order valence-electron chi connectivity index (χ4n) is 2.51. The molecule has 1 aromatic carbocycles. The average Bonchev–Trinajstić information content (AvgIpc) is 2.84. The monoisotopic (exact) mass is 295 g/mol. The van der Waals surface area contributed by atoms with Crippen LogP contribution >= 0.6 is 27.3 Å². The first-order valence-corrected chi connectivity index (χ1v) is 7.27. The van der Waals surface area contributed by atoms with E-state index in [1.54, 1.807) is 0 Å². The predicted molar refractivity (Wildman–Crippen MR) is 73.9 cm³/mol. The van der Waals surface area contributed by atoms with E-state index in [9.17, 15) is 0 Å². The zero-order valence-corrected chi connectivity index (χ0v) is 11.4. The van der Waals surface area contributed by atoms with Crippen LogP contribution in [0.25, 0.3) is 10.1 Å². The standard InChI is InChI=1S/C13H14BrNS/c14-10-3-4-11-9(7-10)8-12(16-11)13(15)5-1-2-6-13/h3-4,7-8H,1-2,5-6,15H2. The maximum absolute atomic E-state index is 6.48. The van der Waals surface area contributed by atoms with E-state index in [0.29, 0.717) is 0 Å². The van der Waals surface area contributed by atoms with Gasteiger partial charge in [0.2, 0.25) is 0 Å². The number of thiophene rings is 1. The van der Waals surface area contributed by atoms with Crippen LogP contribution in [-0.4, -0.2) is 0 Å². The van der Waals surface area contributed by atoms with E-state index in [-0.39, 0.29) is 5.54 Å². The molecular weight excluding hydrogens is 282 g/mol. The van der Waals surface area contributed by atoms with Crippen molar-refractivity contribution in [2.75, 3.05) is 0 Å². The number of rotatable bonds is 1. The topological polar surface area (TPSA) is 26.0 Å². The van der Waals surface area contributed by atoms with Crippen molar-refractivity contribution < 1.29 is 0 Å². The summed E-state index contributed by atoms with van der Waals surface area (Å²) < 4.78 is 2.48. The van der Waals surface area contributed by atoms with Gasteiger partial charge in [0.1, 0.15) is 0 Å². The molecule has 2 aromatic rings. The van der Waals surface area contributed by atoms with Crippen molar-refractivity contribution in [2.24, 2.45) is 5.73 Å². The smallest absolute Gasteiger partial charge is 0.0504 e. The molecule has 16 heavy (non-hydrogen) atoms. The van der Waals surface area contributed by atoms with Gasteiger partial charge >= 0.3 is 0 Å². The molecule has 0 spiro atoms. The van der Waals surface area contributed by atoms with E-state index < -0.39 is 0 Å². The lowest BCUT2D eigenvalue weighted by molar-refractivity contribution is 0.472. The fraction of sp³-hybridized carbons (Fsp3) is 0.385. The van der Waals surface area contributed by atoms with Crippen molar-refractivity contribution in [3.8, 4) is 0 Å². The first kappa shape index (κ1) is 10.8. The Morgan fingerprint density at radius 2 is 1.94 bits per heavy atom. The Labute approximate surface area is 108 Å². The van der Waals surface area contributed by atoms with Gasteiger partial charge in [0.25, 0.3) is 0 Å². The molecule has 84 valence electrons. The van der Waals surface area contributed by atoms with Crippen LogP contribution in [0, 0.1) is 0 Å². The summed E-state index contributed by atoms with van der Waals surface area (Å²) in [5.41, 5.74) is 6.44. The van der Waals surface area contributed by atoms with E-state index in [0.717, 1.165) is 17.3 Å². The SMILES string of the molecule is NC1(c2cc3cc(Br)ccc3s2)CCCC1. The van der Waals surface area contributed by atoms with Gasteiger partial charge in [-0.3, -0.25) is 0 Å². The minimum absolute atomic E-state index is 0.0455. The molecule has 1 aliphatic carbocycles. The Bertz CT molecular complexity index is 526. The number of hydrogen-bond acceptors (Lipinski definition) is 2. The minimum atomic E-state index is -0.0455. The molecule has 0 radical (unpaired) electrons. The van der Waals surface area contributed by atoms with Crippen LogP contribution in [0.5, 0.6) is 0 Å². The van der Waals surface area contributed by atoms with Gasteiger partial charge in [-0.05, 0) is 42.5 Å². The molecule has 1 nitrogen and oxygen atoms in total. The second kappa shape index (κ2) is 3.83. The zero-order valence-electron chi connectivity index (χ0n) is 9.00. The zero-order chi connectivity index (χ0) is 11.2. The molecule has 0 saturated heterocycles. The van der Waals surface area contributed by atoms with Gasteiger partial charge in [-0.1, -0.05) is 28.8 Å². The summed E-state index contributed by atoms with van der Waals surface area (Å²) in [7, 11) is 0. The fourth-order valence-corrected chi connectivity index (χ4v) is 4.09. The molecule has 0 unspecified atom stereocenters. The molecule has 0 amide bonds. The lowest BCUT2D eigenvalue weighted by Crippen LogP contribution is -2.31. The van der Waals surface area contributed by atoms with Gasteiger partial charge in [-0.15, -0.1) is 11.3 Å². The highest BCUT2D eigenvalue weighted by Crippen LogP contribution is 2.41. The number of hydrogen-bond donors (Lipinski definition) is 1. The molecule has 3 heteroatoms. The van der Waals surface area contributed by atoms with Gasteiger partial charge in [-0.2, -0.15) is 0 Å². The third-order valence-electron chi connectivity index (χ3n) is 3.46. The minimum Gasteiger partial charge on any atom is -0.321 e. The molecule has 0 atom stereocenters. The van der Waals surface area contributed by atoms with Crippen LogP contribution in [0.3, 0.4) is 0 Å². The lowest BCUT2D eigenvalue weighted by atomic mass is 9.97. The summed E-state index contributed by atoms with van der Waals surface area (Å²) in [5.74, 6) is 0. The van der Waals surface area contributed by atoms with Gasteiger partial charge in [0.15, 0.2) is 0 Å². The lowest BCUT2D eigenvalue weighted by Gasteiger charge is -2.21. The molecule has 1 aliphatic rings. The Morgan fingerprint density at radius 3 is 2.69 bits per heavy atom. The van der Waals surface area contributed by atoms with Crippen molar-refractivity contribution >= 4 is 37.4 Å². The van der Waals surface area contributed by atoms with E-state index in [2.05, 4.69) is 40.2 Å². The third kappa shape index (κ3) is 1.71. The number of benzene rings is 1. The normalized spacial score (nSPS) is 19.4. The Morgan fingerprint density at radius 1 is 1.19 bits per heavy atom. The second-order valence-electron chi connectivity index (χ2n) is 4.66. The van der Waals surface area contributed by atoms with Crippen LogP contribution in [-0.2, 0) is 5.54 Å². The molecule has 1 saturated carbocycles. The highest BCUT2D eigenvalue weighted by Gasteiger charge is 2.32. The van der Waals surface area contributed by atoms with Crippen molar-refractivity contribution in [3.05, 3.63) is 33.6 Å². The summed E-state index contributed by atoms with van der Waals surface area (Å²) in [4.78, 5) is 1.36. The maximum atomic E-state index is 6.48. The summed E-state index contributed by atoms with van der Waals surface area (Å²) >= 11 is 5.37. The van der Waals surface area contributed by atoms with Crippen LogP contribution in [0.2, 0.25) is 0 Å². The molecule has 1 heterocycles. The summed E-state index contributed by atoms with van der Waals surface area (Å²) in [6.45, 7) is 0. The summed E-state index contributed by atoms with van der Waals surface area (Å²) in [5, 5.41) is 1.31. The Balaban J connectivity index is 2.11. The maximum Gasteiger partial charge on any atom is 0.0504 e. The van der Waals surface area contributed by atoms with Gasteiger partial charge in [0, 0.05) is 14.0 Å². The molecule has 0 bridgehead atoms. The number of halogens is 1. The highest BCUT2D eigenvalue weighted by molar-refractivity contribution is 9.10. The largest absolute Gasteiger partial charge is 0.321 e. The van der Waals surface area contributed by atoms with Gasteiger partial charge < -0.3 is 5.73 Å². The summed E-state index contributed by atoms with van der Waals surface area (Å²) in [6, 6.07) is 8.72. The molecule has 3 rings (SSSR count). The van der Waals surface area contributed by atoms with E-state index in [4.69, 9.17) is 5.73 Å². The Hall–Kier alpha value is -0.380. The molecule has 1 aromatic heterocycles. The van der Waals surface area contributed by atoms with Gasteiger partial charge in [-0.25, -0.2) is 0 Å². The van der Waals surface area contributed by atoms with Crippen LogP contribution < -0.4 is 5.73 Å².